The Bertz CT molecular complexity index is 140. The molecule has 4 heteroatoms. The number of esters is 2. The molecular formula is C8H15O4+. The van der Waals surface area contributed by atoms with Gasteiger partial charge in [0, 0.05) is 12.8 Å². The molecule has 0 aromatic carbocycles. The Balaban J connectivity index is 0. The SMILES string of the molecule is COC(=O)CCCCC(=O)OC.[H+]. The third-order valence-electron chi connectivity index (χ3n) is 1.47. The third-order valence-corrected chi connectivity index (χ3v) is 1.47. The molecule has 0 atom stereocenters. The molecular weight excluding hydrogens is 160 g/mol. The zero-order chi connectivity index (χ0) is 9.40. The van der Waals surface area contributed by atoms with Gasteiger partial charge in [-0.15, -0.1) is 0 Å². The van der Waals surface area contributed by atoms with Crippen LogP contribution in [0.5, 0.6) is 0 Å². The van der Waals surface area contributed by atoms with Gasteiger partial charge in [0.1, 0.15) is 0 Å². The van der Waals surface area contributed by atoms with Gasteiger partial charge in [0.25, 0.3) is 0 Å². The molecule has 0 heterocycles. The second-order valence-electron chi connectivity index (χ2n) is 2.36. The Morgan fingerprint density at radius 1 is 1.00 bits per heavy atom. The van der Waals surface area contributed by atoms with Gasteiger partial charge in [-0.3, -0.25) is 9.59 Å². The summed E-state index contributed by atoms with van der Waals surface area (Å²) < 4.78 is 8.86. The smallest absolute Gasteiger partial charge is 0.469 e. The predicted octanol–water partition coefficient (Wildman–Crippen LogP) is 1.01. The van der Waals surface area contributed by atoms with Crippen LogP contribution in [0.4, 0.5) is 0 Å². The Kier molecular flexibility index (Phi) is 6.05. The van der Waals surface area contributed by atoms with E-state index in [0.717, 1.165) is 0 Å². The highest BCUT2D eigenvalue weighted by molar-refractivity contribution is 5.70. The molecule has 4 nitrogen and oxygen atoms in total. The van der Waals surface area contributed by atoms with E-state index in [1.54, 1.807) is 0 Å². The number of methoxy groups -OCH3 is 2. The van der Waals surface area contributed by atoms with Gasteiger partial charge in [0.15, 0.2) is 0 Å². The quantitative estimate of drug-likeness (QED) is 0.462. The topological polar surface area (TPSA) is 52.6 Å². The maximum atomic E-state index is 10.6. The Morgan fingerprint density at radius 2 is 1.33 bits per heavy atom. The van der Waals surface area contributed by atoms with Crippen LogP contribution < -0.4 is 0 Å². The fraction of sp³-hybridized carbons (Fsp3) is 0.750. The van der Waals surface area contributed by atoms with Crippen LogP contribution in [0.2, 0.25) is 0 Å². The number of hydrogen-bond donors (Lipinski definition) is 0. The molecule has 0 aromatic heterocycles. The standard InChI is InChI=1S/C8H14O4/c1-11-7(9)5-3-4-6-8(10)12-2/h3-6H2,1-2H3/p+1. The molecule has 0 saturated carbocycles. The van der Waals surface area contributed by atoms with E-state index in [0.29, 0.717) is 25.7 Å². The van der Waals surface area contributed by atoms with E-state index >= 15 is 0 Å². The predicted molar refractivity (Wildman–Crippen MR) is 43.6 cm³/mol. The lowest BCUT2D eigenvalue weighted by molar-refractivity contribution is -0.142. The lowest BCUT2D eigenvalue weighted by Gasteiger charge is -1.98. The maximum absolute atomic E-state index is 10.6. The molecule has 0 unspecified atom stereocenters. The van der Waals surface area contributed by atoms with Crippen LogP contribution in [0.15, 0.2) is 0 Å². The average Bonchev–Trinajstić information content (AvgIpc) is 2.11. The van der Waals surface area contributed by atoms with Crippen LogP contribution >= 0.6 is 0 Å². The van der Waals surface area contributed by atoms with Crippen LogP contribution in [0.25, 0.3) is 0 Å². The van der Waals surface area contributed by atoms with Gasteiger partial charge < -0.3 is 9.47 Å². The average molecular weight is 175 g/mol. The summed E-state index contributed by atoms with van der Waals surface area (Å²) in [5, 5.41) is 0. The first-order valence-electron chi connectivity index (χ1n) is 3.84. The van der Waals surface area contributed by atoms with Crippen LogP contribution in [-0.2, 0) is 19.1 Å². The van der Waals surface area contributed by atoms with Gasteiger partial charge in [-0.2, -0.15) is 0 Å². The van der Waals surface area contributed by atoms with Crippen molar-refractivity contribution >= 4 is 11.9 Å². The van der Waals surface area contributed by atoms with Crippen molar-refractivity contribution in [2.45, 2.75) is 25.7 Å². The van der Waals surface area contributed by atoms with Crippen molar-refractivity contribution in [1.29, 1.82) is 0 Å². The minimum atomic E-state index is -0.236. The monoisotopic (exact) mass is 175 g/mol. The highest BCUT2D eigenvalue weighted by Gasteiger charge is 2.02. The van der Waals surface area contributed by atoms with Crippen LogP contribution in [0.3, 0.4) is 0 Å². The van der Waals surface area contributed by atoms with Crippen molar-refractivity contribution in [2.24, 2.45) is 0 Å². The Morgan fingerprint density at radius 3 is 1.58 bits per heavy atom. The lowest BCUT2D eigenvalue weighted by atomic mass is 10.2. The largest absolute Gasteiger partial charge is 1.00 e. The molecule has 0 radical (unpaired) electrons. The van der Waals surface area contributed by atoms with Gasteiger partial charge in [-0.1, -0.05) is 0 Å². The number of carbonyl (C=O) groups is 2. The molecule has 0 N–H and O–H groups in total. The maximum Gasteiger partial charge on any atom is 1.00 e. The van der Waals surface area contributed by atoms with Crippen LogP contribution in [0.1, 0.15) is 27.1 Å². The molecule has 0 amide bonds. The van der Waals surface area contributed by atoms with Gasteiger partial charge >= 0.3 is 13.4 Å². The van der Waals surface area contributed by atoms with Crippen molar-refractivity contribution in [3.8, 4) is 0 Å². The Labute approximate surface area is 73.3 Å². The van der Waals surface area contributed by atoms with Crippen molar-refractivity contribution in [2.75, 3.05) is 14.2 Å². The lowest BCUT2D eigenvalue weighted by Crippen LogP contribution is -2.02. The summed E-state index contributed by atoms with van der Waals surface area (Å²) in [5.74, 6) is -0.472. The first kappa shape index (κ1) is 10.9. The summed E-state index contributed by atoms with van der Waals surface area (Å²) in [7, 11) is 2.70. The number of ether oxygens (including phenoxy) is 2. The fourth-order valence-electron chi connectivity index (χ4n) is 0.743. The second kappa shape index (κ2) is 6.64. The summed E-state index contributed by atoms with van der Waals surface area (Å²) in [6, 6.07) is 0. The fourth-order valence-corrected chi connectivity index (χ4v) is 0.743. The molecule has 0 fully saturated rings. The van der Waals surface area contributed by atoms with E-state index < -0.39 is 0 Å². The first-order valence-corrected chi connectivity index (χ1v) is 3.84. The van der Waals surface area contributed by atoms with E-state index in [1.807, 2.05) is 0 Å². The van der Waals surface area contributed by atoms with E-state index in [9.17, 15) is 9.59 Å². The van der Waals surface area contributed by atoms with Crippen molar-refractivity contribution in [1.82, 2.24) is 0 Å². The van der Waals surface area contributed by atoms with Gasteiger partial charge in [-0.25, -0.2) is 0 Å². The van der Waals surface area contributed by atoms with Crippen molar-refractivity contribution < 1.29 is 20.5 Å². The van der Waals surface area contributed by atoms with Crippen molar-refractivity contribution in [3.05, 3.63) is 0 Å². The first-order chi connectivity index (χ1) is 5.70. The minimum Gasteiger partial charge on any atom is -0.469 e. The third kappa shape index (κ3) is 5.70. The summed E-state index contributed by atoms with van der Waals surface area (Å²) in [6.45, 7) is 0. The van der Waals surface area contributed by atoms with Crippen molar-refractivity contribution in [3.63, 3.8) is 0 Å². The zero-order valence-electron chi connectivity index (χ0n) is 8.46. The molecule has 0 spiro atoms. The van der Waals surface area contributed by atoms with Gasteiger partial charge in [-0.05, 0) is 12.8 Å². The molecule has 0 rings (SSSR count). The molecule has 12 heavy (non-hydrogen) atoms. The van der Waals surface area contributed by atoms with E-state index in [-0.39, 0.29) is 13.4 Å². The number of carbonyl (C=O) groups excluding carboxylic acids is 2. The second-order valence-corrected chi connectivity index (χ2v) is 2.36. The Hall–Kier alpha value is -1.06. The summed E-state index contributed by atoms with van der Waals surface area (Å²) in [4.78, 5) is 21.2. The molecule has 0 aliphatic carbocycles. The zero-order valence-corrected chi connectivity index (χ0v) is 7.46. The number of unbranched alkanes of at least 4 members (excludes halogenated alkanes) is 1. The molecule has 0 aromatic rings. The normalized spacial score (nSPS) is 9.17. The van der Waals surface area contributed by atoms with E-state index in [1.165, 1.54) is 14.2 Å². The summed E-state index contributed by atoms with van der Waals surface area (Å²) in [5.41, 5.74) is 0. The van der Waals surface area contributed by atoms with Crippen LogP contribution in [-0.4, -0.2) is 26.2 Å². The molecule has 0 aliphatic rings. The minimum absolute atomic E-state index is 0. The van der Waals surface area contributed by atoms with E-state index in [4.69, 9.17) is 0 Å². The molecule has 70 valence electrons. The summed E-state index contributed by atoms with van der Waals surface area (Å²) in [6.07, 6.45) is 2.07. The number of hydrogen-bond acceptors (Lipinski definition) is 4. The molecule has 0 aliphatic heterocycles. The number of rotatable bonds is 5. The highest BCUT2D eigenvalue weighted by Crippen LogP contribution is 2.01. The molecule has 0 bridgehead atoms. The van der Waals surface area contributed by atoms with Crippen LogP contribution in [0, 0.1) is 0 Å². The van der Waals surface area contributed by atoms with Gasteiger partial charge in [0.05, 0.1) is 14.2 Å². The summed E-state index contributed by atoms with van der Waals surface area (Å²) >= 11 is 0. The van der Waals surface area contributed by atoms with E-state index in [2.05, 4.69) is 9.47 Å². The highest BCUT2D eigenvalue weighted by atomic mass is 16.5. The van der Waals surface area contributed by atoms with Gasteiger partial charge in [0.2, 0.25) is 0 Å². The molecule has 0 saturated heterocycles.